The molecule has 0 bridgehead atoms. The van der Waals surface area contributed by atoms with Crippen LogP contribution in [0.4, 0.5) is 4.39 Å². The number of hydrogen-bond donors (Lipinski definition) is 1. The maximum atomic E-state index is 13.3. The highest BCUT2D eigenvalue weighted by Crippen LogP contribution is 2.18. The average molecular weight is 308 g/mol. The fourth-order valence-corrected chi connectivity index (χ4v) is 2.05. The van der Waals surface area contributed by atoms with Crippen molar-refractivity contribution in [3.8, 4) is 5.75 Å². The second-order valence-corrected chi connectivity index (χ2v) is 5.00. The van der Waals surface area contributed by atoms with Crippen molar-refractivity contribution in [1.29, 1.82) is 0 Å². The van der Waals surface area contributed by atoms with Crippen molar-refractivity contribution in [1.82, 2.24) is 5.32 Å². The number of nitrogens with one attached hydrogen (secondary N) is 1. The molecule has 0 saturated carbocycles. The normalized spacial score (nSPS) is 11.8. The van der Waals surface area contributed by atoms with Crippen molar-refractivity contribution in [2.75, 3.05) is 6.61 Å². The van der Waals surface area contributed by atoms with Gasteiger partial charge in [0.05, 0.1) is 6.04 Å². The van der Waals surface area contributed by atoms with Gasteiger partial charge < -0.3 is 10.1 Å². The number of benzene rings is 2. The van der Waals surface area contributed by atoms with E-state index in [2.05, 4.69) is 5.32 Å². The molecule has 110 valence electrons. The minimum absolute atomic E-state index is 0.0584. The lowest BCUT2D eigenvalue weighted by Gasteiger charge is -2.15. The summed E-state index contributed by atoms with van der Waals surface area (Å²) < 4.78 is 18.5. The maximum Gasteiger partial charge on any atom is 0.258 e. The molecule has 0 radical (unpaired) electrons. The van der Waals surface area contributed by atoms with Crippen LogP contribution in [0, 0.1) is 5.82 Å². The number of rotatable bonds is 5. The first-order chi connectivity index (χ1) is 10.1. The van der Waals surface area contributed by atoms with Gasteiger partial charge in [-0.2, -0.15) is 0 Å². The molecule has 0 aromatic heterocycles. The molecule has 1 unspecified atom stereocenters. The summed E-state index contributed by atoms with van der Waals surface area (Å²) in [5.41, 5.74) is 0.891. The Labute approximate surface area is 127 Å². The number of para-hydroxylation sites is 1. The molecule has 2 aromatic carbocycles. The molecule has 0 fully saturated rings. The lowest BCUT2D eigenvalue weighted by molar-refractivity contribution is -0.123. The van der Waals surface area contributed by atoms with Crippen molar-refractivity contribution >= 4 is 17.5 Å². The zero-order valence-corrected chi connectivity index (χ0v) is 12.2. The Bertz CT molecular complexity index is 633. The van der Waals surface area contributed by atoms with Gasteiger partial charge in [0.1, 0.15) is 0 Å². The first kappa shape index (κ1) is 15.3. The van der Waals surface area contributed by atoms with Crippen LogP contribution in [0.3, 0.4) is 0 Å². The highest BCUT2D eigenvalue weighted by Gasteiger charge is 2.11. The third-order valence-corrected chi connectivity index (χ3v) is 3.16. The SMILES string of the molecule is CC(NC(=O)COc1ccccc1F)c1cccc(Cl)c1. The molecule has 1 N–H and O–H groups in total. The fraction of sp³-hybridized carbons (Fsp3) is 0.188. The van der Waals surface area contributed by atoms with E-state index in [4.69, 9.17) is 16.3 Å². The molecule has 0 saturated heterocycles. The average Bonchev–Trinajstić information content (AvgIpc) is 2.46. The Morgan fingerprint density at radius 1 is 1.29 bits per heavy atom. The predicted octanol–water partition coefficient (Wildman–Crippen LogP) is 3.74. The maximum absolute atomic E-state index is 13.3. The van der Waals surface area contributed by atoms with E-state index in [-0.39, 0.29) is 24.3 Å². The fourth-order valence-electron chi connectivity index (χ4n) is 1.85. The van der Waals surface area contributed by atoms with Crippen molar-refractivity contribution in [2.45, 2.75) is 13.0 Å². The third kappa shape index (κ3) is 4.46. The zero-order valence-electron chi connectivity index (χ0n) is 11.5. The molecular weight excluding hydrogens is 293 g/mol. The van der Waals surface area contributed by atoms with Gasteiger partial charge in [-0.05, 0) is 36.8 Å². The van der Waals surface area contributed by atoms with Crippen molar-refractivity contribution in [3.63, 3.8) is 0 Å². The first-order valence-electron chi connectivity index (χ1n) is 6.48. The molecular formula is C16H15ClFNO2. The Morgan fingerprint density at radius 3 is 2.76 bits per heavy atom. The summed E-state index contributed by atoms with van der Waals surface area (Å²) >= 11 is 5.91. The Morgan fingerprint density at radius 2 is 2.05 bits per heavy atom. The molecule has 1 amide bonds. The summed E-state index contributed by atoms with van der Waals surface area (Å²) in [6, 6.07) is 13.0. The van der Waals surface area contributed by atoms with Crippen LogP contribution in [0.5, 0.6) is 5.75 Å². The summed E-state index contributed by atoms with van der Waals surface area (Å²) in [6.45, 7) is 1.60. The van der Waals surface area contributed by atoms with Gasteiger partial charge in [-0.1, -0.05) is 35.9 Å². The highest BCUT2D eigenvalue weighted by molar-refractivity contribution is 6.30. The smallest absolute Gasteiger partial charge is 0.258 e. The second-order valence-electron chi connectivity index (χ2n) is 4.56. The molecule has 2 aromatic rings. The van der Waals surface area contributed by atoms with Gasteiger partial charge >= 0.3 is 0 Å². The van der Waals surface area contributed by atoms with Gasteiger partial charge in [0.25, 0.3) is 5.91 Å². The minimum Gasteiger partial charge on any atom is -0.481 e. The largest absolute Gasteiger partial charge is 0.481 e. The van der Waals surface area contributed by atoms with Gasteiger partial charge in [-0.3, -0.25) is 4.79 Å². The second kappa shape index (κ2) is 7.09. The standard InChI is InChI=1S/C16H15ClFNO2/c1-11(12-5-4-6-13(17)9-12)19-16(20)10-21-15-8-3-2-7-14(15)18/h2-9,11H,10H2,1H3,(H,19,20). The van der Waals surface area contributed by atoms with Crippen LogP contribution < -0.4 is 10.1 Å². The van der Waals surface area contributed by atoms with Crippen LogP contribution in [0.1, 0.15) is 18.5 Å². The molecule has 3 nitrogen and oxygen atoms in total. The number of amides is 1. The van der Waals surface area contributed by atoms with Crippen LogP contribution in [0.25, 0.3) is 0 Å². The van der Waals surface area contributed by atoms with E-state index in [1.54, 1.807) is 24.3 Å². The van der Waals surface area contributed by atoms with Crippen LogP contribution in [-0.4, -0.2) is 12.5 Å². The van der Waals surface area contributed by atoms with Crippen LogP contribution in [-0.2, 0) is 4.79 Å². The van der Waals surface area contributed by atoms with E-state index in [0.29, 0.717) is 5.02 Å². The van der Waals surface area contributed by atoms with E-state index in [0.717, 1.165) is 5.56 Å². The van der Waals surface area contributed by atoms with Crippen LogP contribution in [0.15, 0.2) is 48.5 Å². The molecule has 1 atom stereocenters. The Balaban J connectivity index is 1.89. The number of carbonyl (C=O) groups excluding carboxylic acids is 1. The number of carbonyl (C=O) groups is 1. The molecule has 0 aliphatic heterocycles. The first-order valence-corrected chi connectivity index (χ1v) is 6.86. The third-order valence-electron chi connectivity index (χ3n) is 2.92. The van der Waals surface area contributed by atoms with Gasteiger partial charge in [-0.25, -0.2) is 4.39 Å². The molecule has 0 aliphatic carbocycles. The quantitative estimate of drug-likeness (QED) is 0.914. The predicted molar refractivity (Wildman–Crippen MR) is 79.9 cm³/mol. The van der Waals surface area contributed by atoms with E-state index < -0.39 is 5.82 Å². The van der Waals surface area contributed by atoms with Gasteiger partial charge in [0.2, 0.25) is 0 Å². The molecule has 0 aliphatic rings. The van der Waals surface area contributed by atoms with Gasteiger partial charge in [0, 0.05) is 5.02 Å². The van der Waals surface area contributed by atoms with Crippen LogP contribution in [0.2, 0.25) is 5.02 Å². The molecule has 0 heterocycles. The number of halogens is 2. The number of ether oxygens (including phenoxy) is 1. The topological polar surface area (TPSA) is 38.3 Å². The van der Waals surface area contributed by atoms with E-state index in [1.807, 2.05) is 19.1 Å². The summed E-state index contributed by atoms with van der Waals surface area (Å²) in [4.78, 5) is 11.8. The lowest BCUT2D eigenvalue weighted by atomic mass is 10.1. The van der Waals surface area contributed by atoms with E-state index in [9.17, 15) is 9.18 Å². The summed E-state index contributed by atoms with van der Waals surface area (Å²) in [7, 11) is 0. The zero-order chi connectivity index (χ0) is 15.2. The van der Waals surface area contributed by atoms with Crippen molar-refractivity contribution in [2.24, 2.45) is 0 Å². The monoisotopic (exact) mass is 307 g/mol. The van der Waals surface area contributed by atoms with E-state index >= 15 is 0 Å². The Hall–Kier alpha value is -2.07. The van der Waals surface area contributed by atoms with Crippen molar-refractivity contribution in [3.05, 3.63) is 64.9 Å². The van der Waals surface area contributed by atoms with E-state index in [1.165, 1.54) is 12.1 Å². The highest BCUT2D eigenvalue weighted by atomic mass is 35.5. The van der Waals surface area contributed by atoms with Gasteiger partial charge in [0.15, 0.2) is 18.2 Å². The summed E-state index contributed by atoms with van der Waals surface area (Å²) in [6.07, 6.45) is 0. The molecule has 21 heavy (non-hydrogen) atoms. The Kier molecular flexibility index (Phi) is 5.17. The summed E-state index contributed by atoms with van der Waals surface area (Å²) in [5, 5.41) is 3.38. The van der Waals surface area contributed by atoms with Gasteiger partial charge in [-0.15, -0.1) is 0 Å². The number of hydrogen-bond acceptors (Lipinski definition) is 2. The summed E-state index contributed by atoms with van der Waals surface area (Å²) in [5.74, 6) is -0.762. The van der Waals surface area contributed by atoms with Crippen LogP contribution >= 0.6 is 11.6 Å². The molecule has 2 rings (SSSR count). The van der Waals surface area contributed by atoms with Crippen molar-refractivity contribution < 1.29 is 13.9 Å². The molecule has 5 heteroatoms. The lowest BCUT2D eigenvalue weighted by Crippen LogP contribution is -2.31. The minimum atomic E-state index is -0.492. The molecule has 0 spiro atoms.